The highest BCUT2D eigenvalue weighted by molar-refractivity contribution is 9.10. The van der Waals surface area contributed by atoms with E-state index in [9.17, 15) is 14.0 Å². The lowest BCUT2D eigenvalue weighted by Gasteiger charge is -2.08. The second-order valence-corrected chi connectivity index (χ2v) is 9.11. The van der Waals surface area contributed by atoms with Gasteiger partial charge in [0.05, 0.1) is 34.8 Å². The number of fused-ring (bicyclic) bond motifs is 2. The Morgan fingerprint density at radius 2 is 1.47 bits per heavy atom. The number of nitrogens with zero attached hydrogens (tertiary/aromatic N) is 4. The highest BCUT2D eigenvalue weighted by Crippen LogP contribution is 2.38. The number of nitrogen functional groups attached to an aromatic ring is 3. The summed E-state index contributed by atoms with van der Waals surface area (Å²) in [5.41, 5.74) is 16.3. The fourth-order valence-electron chi connectivity index (χ4n) is 4.23. The Bertz CT molecular complexity index is 1870. The molecule has 0 saturated heterocycles. The molecule has 6 aromatic rings. The fraction of sp³-hybridized carbons (Fsp3) is 0. The highest BCUT2D eigenvalue weighted by Gasteiger charge is 2.17. The van der Waals surface area contributed by atoms with E-state index in [4.69, 9.17) is 17.3 Å². The number of aromatic amines is 1. The normalized spacial score (nSPS) is 10.8. The molecule has 8 nitrogen and oxygen atoms in total. The molecular formula is C27H19BrF2N8. The van der Waals surface area contributed by atoms with Crippen LogP contribution in [0.2, 0.25) is 0 Å². The molecule has 0 fully saturated rings. The SMILES string of the molecule is N#Cc1c(-c2ccccc2F)cc(N)c2[nH]ncc12.Nc1cc(-c2ccccc2F)c(Br)c2cn(N)nc12. The van der Waals surface area contributed by atoms with Crippen molar-refractivity contribution in [1.29, 1.82) is 5.26 Å². The number of halogens is 3. The van der Waals surface area contributed by atoms with Gasteiger partial charge >= 0.3 is 0 Å². The van der Waals surface area contributed by atoms with Crippen LogP contribution in [-0.2, 0) is 0 Å². The summed E-state index contributed by atoms with van der Waals surface area (Å²) in [6, 6.07) is 18.2. The van der Waals surface area contributed by atoms with Crippen LogP contribution in [0.15, 0.2) is 77.5 Å². The molecule has 4 aromatic carbocycles. The summed E-state index contributed by atoms with van der Waals surface area (Å²) < 4.78 is 28.5. The third-order valence-corrected chi connectivity index (χ3v) is 6.84. The maximum atomic E-state index is 13.9. The van der Waals surface area contributed by atoms with Gasteiger partial charge in [-0.1, -0.05) is 36.4 Å². The van der Waals surface area contributed by atoms with E-state index in [0.29, 0.717) is 55.6 Å². The van der Waals surface area contributed by atoms with E-state index in [1.807, 2.05) is 0 Å². The Hall–Kier alpha value is -4.95. The number of anilines is 2. The van der Waals surface area contributed by atoms with Gasteiger partial charge in [-0.3, -0.25) is 5.10 Å². The van der Waals surface area contributed by atoms with Crippen LogP contribution in [0.4, 0.5) is 20.2 Å². The number of nitrogens with one attached hydrogen (secondary N) is 1. The van der Waals surface area contributed by atoms with E-state index in [-0.39, 0.29) is 11.6 Å². The Morgan fingerprint density at radius 3 is 2.11 bits per heavy atom. The molecule has 7 N–H and O–H groups in total. The van der Waals surface area contributed by atoms with Crippen LogP contribution in [0.1, 0.15) is 5.56 Å². The van der Waals surface area contributed by atoms with Gasteiger partial charge in [-0.05, 0) is 40.2 Å². The third kappa shape index (κ3) is 4.27. The van der Waals surface area contributed by atoms with Crippen LogP contribution in [0.5, 0.6) is 0 Å². The molecule has 0 saturated carbocycles. The summed E-state index contributed by atoms with van der Waals surface area (Å²) in [5, 5.41) is 21.4. The Morgan fingerprint density at radius 1 is 0.868 bits per heavy atom. The number of H-pyrrole nitrogens is 1. The quantitative estimate of drug-likeness (QED) is 0.154. The van der Waals surface area contributed by atoms with Crippen LogP contribution in [0.3, 0.4) is 0 Å². The predicted molar refractivity (Wildman–Crippen MR) is 148 cm³/mol. The van der Waals surface area contributed by atoms with Crippen LogP contribution >= 0.6 is 15.9 Å². The molecular weight excluding hydrogens is 554 g/mol. The molecule has 0 aliphatic carbocycles. The van der Waals surface area contributed by atoms with Gasteiger partial charge in [0.2, 0.25) is 0 Å². The summed E-state index contributed by atoms with van der Waals surface area (Å²) in [6.07, 6.45) is 3.16. The Labute approximate surface area is 223 Å². The largest absolute Gasteiger partial charge is 0.397 e. The van der Waals surface area contributed by atoms with Crippen molar-refractivity contribution in [3.8, 4) is 28.3 Å². The van der Waals surface area contributed by atoms with Crippen molar-refractivity contribution in [2.75, 3.05) is 17.3 Å². The van der Waals surface area contributed by atoms with Gasteiger partial charge in [0.15, 0.2) is 0 Å². The van der Waals surface area contributed by atoms with Crippen molar-refractivity contribution >= 4 is 49.1 Å². The number of nitriles is 1. The minimum absolute atomic E-state index is 0.304. The first-order valence-corrected chi connectivity index (χ1v) is 12.0. The number of aromatic nitrogens is 4. The molecule has 2 heterocycles. The summed E-state index contributed by atoms with van der Waals surface area (Å²) in [7, 11) is 0. The third-order valence-electron chi connectivity index (χ3n) is 5.98. The van der Waals surface area contributed by atoms with E-state index in [1.54, 1.807) is 54.7 Å². The van der Waals surface area contributed by atoms with E-state index >= 15 is 0 Å². The van der Waals surface area contributed by atoms with Crippen molar-refractivity contribution in [3.05, 3.63) is 94.7 Å². The standard InChI is InChI=1S/C14H9FN4.C13H10BrFN4/c15-12-4-2-1-3-8(12)9-5-13(17)14-11(7-18-19-14)10(9)6-16;14-12-8(7-3-1-2-4-10(7)15)5-11(16)13-9(12)6-19(17)18-13/h1-5,7H,17H2,(H,18,19);1-6H,16-17H2. The minimum atomic E-state index is -0.388. The molecule has 38 heavy (non-hydrogen) atoms. The summed E-state index contributed by atoms with van der Waals surface area (Å²) in [4.78, 5) is 1.19. The Kier molecular flexibility index (Phi) is 6.40. The fourth-order valence-corrected chi connectivity index (χ4v) is 4.84. The number of rotatable bonds is 2. The molecule has 0 aliphatic heterocycles. The molecule has 0 atom stereocenters. The Balaban J connectivity index is 0.000000155. The molecule has 0 aliphatic rings. The van der Waals surface area contributed by atoms with E-state index in [2.05, 4.69) is 37.3 Å². The first-order valence-electron chi connectivity index (χ1n) is 11.2. The second-order valence-electron chi connectivity index (χ2n) is 8.32. The number of hydrogen-bond donors (Lipinski definition) is 4. The zero-order valence-electron chi connectivity index (χ0n) is 19.6. The first-order chi connectivity index (χ1) is 18.3. The average Bonchev–Trinajstić information content (AvgIpc) is 3.55. The minimum Gasteiger partial charge on any atom is -0.397 e. The number of benzene rings is 4. The van der Waals surface area contributed by atoms with Gasteiger partial charge in [0.1, 0.15) is 23.2 Å². The van der Waals surface area contributed by atoms with Gasteiger partial charge < -0.3 is 17.3 Å². The van der Waals surface area contributed by atoms with Crippen LogP contribution in [0, 0.1) is 23.0 Å². The van der Waals surface area contributed by atoms with Crippen molar-refractivity contribution in [1.82, 2.24) is 20.1 Å². The zero-order chi connectivity index (χ0) is 27.0. The second kappa shape index (κ2) is 9.84. The van der Waals surface area contributed by atoms with Crippen LogP contribution < -0.4 is 17.3 Å². The maximum Gasteiger partial charge on any atom is 0.131 e. The summed E-state index contributed by atoms with van der Waals surface area (Å²) >= 11 is 3.47. The lowest BCUT2D eigenvalue weighted by atomic mass is 9.96. The molecule has 0 bridgehead atoms. The molecule has 0 amide bonds. The summed E-state index contributed by atoms with van der Waals surface area (Å²) in [6.45, 7) is 0. The molecule has 0 unspecified atom stereocenters. The van der Waals surface area contributed by atoms with E-state index in [1.165, 1.54) is 23.1 Å². The smallest absolute Gasteiger partial charge is 0.131 e. The molecule has 0 spiro atoms. The van der Waals surface area contributed by atoms with Crippen molar-refractivity contribution in [2.45, 2.75) is 0 Å². The maximum absolute atomic E-state index is 13.9. The molecule has 2 aromatic heterocycles. The van der Waals surface area contributed by atoms with Gasteiger partial charge in [-0.15, -0.1) is 0 Å². The van der Waals surface area contributed by atoms with Crippen molar-refractivity contribution in [2.24, 2.45) is 0 Å². The molecule has 188 valence electrons. The lowest BCUT2D eigenvalue weighted by molar-refractivity contribution is 0.631. The number of nitrogens with two attached hydrogens (primary N) is 3. The topological polar surface area (TPSA) is 148 Å². The van der Waals surface area contributed by atoms with Gasteiger partial charge in [-0.2, -0.15) is 20.3 Å². The van der Waals surface area contributed by atoms with E-state index < -0.39 is 0 Å². The zero-order valence-corrected chi connectivity index (χ0v) is 21.2. The highest BCUT2D eigenvalue weighted by atomic mass is 79.9. The van der Waals surface area contributed by atoms with Crippen LogP contribution in [0.25, 0.3) is 44.1 Å². The molecule has 6 rings (SSSR count). The van der Waals surface area contributed by atoms with Gasteiger partial charge in [0.25, 0.3) is 0 Å². The predicted octanol–water partition coefficient (Wildman–Crippen LogP) is 5.72. The molecule has 11 heteroatoms. The van der Waals surface area contributed by atoms with Crippen molar-refractivity contribution < 1.29 is 8.78 Å². The van der Waals surface area contributed by atoms with Gasteiger partial charge in [0, 0.05) is 37.5 Å². The van der Waals surface area contributed by atoms with Crippen molar-refractivity contribution in [3.63, 3.8) is 0 Å². The van der Waals surface area contributed by atoms with E-state index in [0.717, 1.165) is 9.86 Å². The van der Waals surface area contributed by atoms with Gasteiger partial charge in [-0.25, -0.2) is 8.78 Å². The average molecular weight is 573 g/mol. The summed E-state index contributed by atoms with van der Waals surface area (Å²) in [5.74, 6) is 4.91. The number of hydrogen-bond acceptors (Lipinski definition) is 6. The first kappa shape index (κ1) is 24.7. The lowest BCUT2D eigenvalue weighted by Crippen LogP contribution is -2.07. The molecule has 0 radical (unpaired) electrons. The monoisotopic (exact) mass is 572 g/mol. The van der Waals surface area contributed by atoms with Crippen LogP contribution in [-0.4, -0.2) is 20.1 Å².